The van der Waals surface area contributed by atoms with Crippen LogP contribution in [0.2, 0.25) is 0 Å². The Morgan fingerprint density at radius 3 is 2.40 bits per heavy atom. The molecule has 9 heteroatoms. The minimum Gasteiger partial charge on any atom is -0.457 e. The molecule has 43 heavy (non-hydrogen) atoms. The van der Waals surface area contributed by atoms with Crippen molar-refractivity contribution in [2.24, 2.45) is 16.7 Å². The van der Waals surface area contributed by atoms with Crippen molar-refractivity contribution in [1.82, 2.24) is 19.0 Å². The lowest BCUT2D eigenvalue weighted by Crippen LogP contribution is -2.48. The van der Waals surface area contributed by atoms with Crippen LogP contribution in [-0.4, -0.2) is 38.0 Å². The lowest BCUT2D eigenvalue weighted by molar-refractivity contribution is -0.139. The summed E-state index contributed by atoms with van der Waals surface area (Å²) < 4.78 is 9.25. The number of carbonyl (C=O) groups excluding carboxylic acids is 1. The number of ether oxygens (including phenoxy) is 1. The molecule has 224 valence electrons. The van der Waals surface area contributed by atoms with Crippen molar-refractivity contribution in [3.8, 4) is 23.3 Å². The number of piperidine rings is 1. The van der Waals surface area contributed by atoms with Gasteiger partial charge in [0.1, 0.15) is 28.8 Å². The molecule has 2 atom stereocenters. The topological polar surface area (TPSA) is 119 Å². The molecule has 3 heterocycles. The summed E-state index contributed by atoms with van der Waals surface area (Å²) in [6, 6.07) is 20.6. The first-order valence-corrected chi connectivity index (χ1v) is 14.8. The molecule has 1 aliphatic heterocycles. The molecule has 0 radical (unpaired) electrons. The van der Waals surface area contributed by atoms with Gasteiger partial charge in [0.15, 0.2) is 0 Å². The number of para-hydroxylation sites is 1. The highest BCUT2D eigenvalue weighted by Crippen LogP contribution is 2.40. The number of nitrogens with two attached hydrogens (primary N) is 1. The number of nitriles is 1. The second-order valence-electron chi connectivity index (χ2n) is 13.3. The van der Waals surface area contributed by atoms with E-state index >= 15 is 0 Å². The average Bonchev–Trinajstić information content (AvgIpc) is 3.26. The van der Waals surface area contributed by atoms with Gasteiger partial charge in [0.05, 0.1) is 23.3 Å². The second kappa shape index (κ2) is 11.6. The molecule has 0 saturated carbocycles. The minimum atomic E-state index is -0.778. The number of likely N-dealkylation sites (tertiary alicyclic amines) is 1. The molecule has 1 fully saturated rings. The monoisotopic (exact) mass is 580 g/mol. The summed E-state index contributed by atoms with van der Waals surface area (Å²) in [5.74, 6) is 0.651. The second-order valence-corrected chi connectivity index (χ2v) is 13.3. The van der Waals surface area contributed by atoms with Crippen molar-refractivity contribution in [1.29, 1.82) is 5.26 Å². The summed E-state index contributed by atoms with van der Waals surface area (Å²) in [5.41, 5.74) is 7.39. The van der Waals surface area contributed by atoms with Crippen molar-refractivity contribution in [3.63, 3.8) is 0 Å². The van der Waals surface area contributed by atoms with Crippen LogP contribution in [0.3, 0.4) is 0 Å². The number of fused-ring (bicyclic) bond motifs is 1. The Labute approximate surface area is 252 Å². The molecule has 1 saturated heterocycles. The zero-order valence-corrected chi connectivity index (χ0v) is 25.6. The fourth-order valence-corrected chi connectivity index (χ4v) is 6.65. The molecule has 2 aromatic heterocycles. The van der Waals surface area contributed by atoms with Gasteiger partial charge >= 0.3 is 5.69 Å². The van der Waals surface area contributed by atoms with Crippen LogP contribution in [0.1, 0.15) is 59.9 Å². The normalized spacial score (nSPS) is 16.6. The number of nitrogen functional groups attached to an aromatic ring is 1. The van der Waals surface area contributed by atoms with Gasteiger partial charge in [-0.1, -0.05) is 52.8 Å². The van der Waals surface area contributed by atoms with E-state index in [2.05, 4.69) is 31.8 Å². The number of benzene rings is 2. The molecule has 1 unspecified atom stereocenters. The largest absolute Gasteiger partial charge is 0.457 e. The van der Waals surface area contributed by atoms with Crippen LogP contribution in [0.25, 0.3) is 16.7 Å². The van der Waals surface area contributed by atoms with Crippen LogP contribution in [-0.2, 0) is 4.79 Å². The van der Waals surface area contributed by atoms with Crippen molar-refractivity contribution in [3.05, 3.63) is 77.3 Å². The SMILES string of the molecule is CC(C)(C)CC(C)(C)C(C#N)C(=O)N1CCC[C@@H](n2c(=O)n(-c3ccc(Oc4ccccc4)cc3)c3c(N)nccc32)C1. The van der Waals surface area contributed by atoms with E-state index < -0.39 is 11.3 Å². The van der Waals surface area contributed by atoms with Crippen molar-refractivity contribution in [2.75, 3.05) is 18.8 Å². The third-order valence-electron chi connectivity index (χ3n) is 8.10. The highest BCUT2D eigenvalue weighted by molar-refractivity contribution is 5.87. The Morgan fingerprint density at radius 1 is 1.07 bits per heavy atom. The van der Waals surface area contributed by atoms with Gasteiger partial charge in [-0.25, -0.2) is 9.78 Å². The molecular weight excluding hydrogens is 540 g/mol. The molecule has 9 nitrogen and oxygen atoms in total. The number of nitrogens with zero attached hydrogens (tertiary/aromatic N) is 5. The first-order chi connectivity index (χ1) is 20.4. The molecule has 1 aliphatic rings. The Bertz CT molecular complexity index is 1710. The summed E-state index contributed by atoms with van der Waals surface area (Å²) in [4.78, 5) is 34.0. The molecular formula is C34H40N6O3. The van der Waals surface area contributed by atoms with Crippen LogP contribution < -0.4 is 16.2 Å². The predicted molar refractivity (Wildman–Crippen MR) is 168 cm³/mol. The lowest BCUT2D eigenvalue weighted by Gasteiger charge is -2.39. The highest BCUT2D eigenvalue weighted by atomic mass is 16.5. The molecule has 2 N–H and O–H groups in total. The molecule has 0 bridgehead atoms. The lowest BCUT2D eigenvalue weighted by atomic mass is 9.69. The third kappa shape index (κ3) is 6.14. The van der Waals surface area contributed by atoms with Gasteiger partial charge in [0.2, 0.25) is 5.91 Å². The number of imidazole rings is 1. The first-order valence-electron chi connectivity index (χ1n) is 14.8. The highest BCUT2D eigenvalue weighted by Gasteiger charge is 2.41. The quantitative estimate of drug-likeness (QED) is 0.273. The number of hydrogen-bond acceptors (Lipinski definition) is 6. The zero-order valence-electron chi connectivity index (χ0n) is 25.6. The smallest absolute Gasteiger partial charge is 0.334 e. The van der Waals surface area contributed by atoms with E-state index in [9.17, 15) is 14.9 Å². The molecule has 0 aliphatic carbocycles. The number of aromatic nitrogens is 3. The summed E-state index contributed by atoms with van der Waals surface area (Å²) in [6.07, 6.45) is 3.77. The standard InChI is InChI=1S/C34H40N6O3/c1-33(2,3)22-34(4,5)27(20-35)31(41)38-19-9-10-24(21-38)39-28-17-18-37-30(36)29(28)40(32(39)42)23-13-15-26(16-14-23)43-25-11-7-6-8-12-25/h6-8,11-18,24,27H,9-10,19,21-22H2,1-5H3,(H2,36,37)/t24-,27?/m1/s1. The molecule has 2 aromatic carbocycles. The van der Waals surface area contributed by atoms with Gasteiger partial charge < -0.3 is 15.4 Å². The van der Waals surface area contributed by atoms with E-state index in [0.29, 0.717) is 41.3 Å². The number of hydrogen-bond donors (Lipinski definition) is 1. The number of amides is 1. The Balaban J connectivity index is 1.47. The van der Waals surface area contributed by atoms with E-state index in [-0.39, 0.29) is 28.9 Å². The van der Waals surface area contributed by atoms with E-state index in [1.165, 1.54) is 0 Å². The van der Waals surface area contributed by atoms with Crippen LogP contribution in [0, 0.1) is 28.1 Å². The summed E-state index contributed by atoms with van der Waals surface area (Å²) in [7, 11) is 0. The van der Waals surface area contributed by atoms with E-state index in [1.54, 1.807) is 26.3 Å². The maximum Gasteiger partial charge on any atom is 0.334 e. The van der Waals surface area contributed by atoms with Gasteiger partial charge in [-0.2, -0.15) is 5.26 Å². The minimum absolute atomic E-state index is 0.0295. The summed E-state index contributed by atoms with van der Waals surface area (Å²) >= 11 is 0. The van der Waals surface area contributed by atoms with Gasteiger partial charge in [0, 0.05) is 19.3 Å². The van der Waals surface area contributed by atoms with Crippen molar-refractivity contribution >= 4 is 22.8 Å². The Kier molecular flexibility index (Phi) is 8.06. The van der Waals surface area contributed by atoms with E-state index in [0.717, 1.165) is 19.3 Å². The predicted octanol–water partition coefficient (Wildman–Crippen LogP) is 6.33. The maximum atomic E-state index is 14.2. The molecule has 0 spiro atoms. The fraction of sp³-hybridized carbons (Fsp3) is 0.412. The van der Waals surface area contributed by atoms with Crippen molar-refractivity contribution < 1.29 is 9.53 Å². The van der Waals surface area contributed by atoms with Crippen LogP contribution in [0.5, 0.6) is 11.5 Å². The van der Waals surface area contributed by atoms with E-state index in [4.69, 9.17) is 10.5 Å². The number of pyridine rings is 1. The van der Waals surface area contributed by atoms with Crippen molar-refractivity contribution in [2.45, 2.75) is 59.9 Å². The summed E-state index contributed by atoms with van der Waals surface area (Å²) in [5, 5.41) is 10.1. The number of rotatable bonds is 7. The van der Waals surface area contributed by atoms with Crippen LogP contribution in [0.15, 0.2) is 71.7 Å². The van der Waals surface area contributed by atoms with Gasteiger partial charge in [-0.05, 0) is 72.6 Å². The van der Waals surface area contributed by atoms with Gasteiger partial charge in [-0.15, -0.1) is 0 Å². The number of anilines is 1. The fourth-order valence-electron chi connectivity index (χ4n) is 6.65. The Hall–Kier alpha value is -4.58. The molecule has 5 rings (SSSR count). The maximum absolute atomic E-state index is 14.2. The third-order valence-corrected chi connectivity index (χ3v) is 8.10. The summed E-state index contributed by atoms with van der Waals surface area (Å²) in [6.45, 7) is 11.3. The van der Waals surface area contributed by atoms with E-state index in [1.807, 2.05) is 68.4 Å². The van der Waals surface area contributed by atoms with Crippen LogP contribution >= 0.6 is 0 Å². The Morgan fingerprint density at radius 2 is 1.74 bits per heavy atom. The zero-order chi connectivity index (χ0) is 30.9. The molecule has 4 aromatic rings. The average molecular weight is 581 g/mol. The van der Waals surface area contributed by atoms with Gasteiger partial charge in [-0.3, -0.25) is 13.9 Å². The first kappa shape index (κ1) is 29.9. The number of carbonyl (C=O) groups is 1. The van der Waals surface area contributed by atoms with Crippen LogP contribution in [0.4, 0.5) is 5.82 Å². The van der Waals surface area contributed by atoms with Gasteiger partial charge in [0.25, 0.3) is 0 Å². The molecule has 1 amide bonds.